The lowest BCUT2D eigenvalue weighted by Gasteiger charge is -2.13. The number of rotatable bonds is 9. The van der Waals surface area contributed by atoms with Gasteiger partial charge in [0.25, 0.3) is 5.91 Å². The van der Waals surface area contributed by atoms with Crippen LogP contribution >= 0.6 is 0 Å². The summed E-state index contributed by atoms with van der Waals surface area (Å²) in [6.07, 6.45) is 2.10. The fourth-order valence-corrected chi connectivity index (χ4v) is 1.98. The molecule has 130 valence electrons. The first-order chi connectivity index (χ1) is 11.6. The quantitative estimate of drug-likeness (QED) is 0.420. The summed E-state index contributed by atoms with van der Waals surface area (Å²) in [4.78, 5) is 12.1. The highest BCUT2D eigenvalue weighted by molar-refractivity contribution is 6.02. The molecule has 0 aliphatic carbocycles. The molecule has 7 heteroatoms. The number of nitrogens with zero attached hydrogens (tertiary/aromatic N) is 1. The third-order valence-corrected chi connectivity index (χ3v) is 3.22. The van der Waals surface area contributed by atoms with E-state index in [0.717, 1.165) is 0 Å². The van der Waals surface area contributed by atoms with Gasteiger partial charge in [0.2, 0.25) is 0 Å². The standard InChI is InChI=1S/C17H22N2O5/c1-21-7-5-6-19-17(20)12(11-18)8-14-15(23-3)9-13(22-2)10-16(14)24-4/h8-10H,5-7H2,1-4H3,(H,19,20)/b12-8-. The first kappa shape index (κ1) is 19.3. The number of nitriles is 1. The summed E-state index contributed by atoms with van der Waals surface area (Å²) in [6.45, 7) is 0.953. The SMILES string of the molecule is COCCCNC(=O)/C(C#N)=C\c1c(OC)cc(OC)cc1OC. The van der Waals surface area contributed by atoms with Crippen molar-refractivity contribution in [2.75, 3.05) is 41.6 Å². The fraction of sp³-hybridized carbons (Fsp3) is 0.412. The molecule has 7 nitrogen and oxygen atoms in total. The average molecular weight is 334 g/mol. The van der Waals surface area contributed by atoms with Gasteiger partial charge in [-0.05, 0) is 12.5 Å². The molecule has 0 heterocycles. The molecule has 1 aromatic rings. The van der Waals surface area contributed by atoms with E-state index >= 15 is 0 Å². The lowest BCUT2D eigenvalue weighted by atomic mass is 10.1. The normalized spacial score (nSPS) is 10.7. The highest BCUT2D eigenvalue weighted by atomic mass is 16.5. The van der Waals surface area contributed by atoms with Gasteiger partial charge >= 0.3 is 0 Å². The predicted octanol–water partition coefficient (Wildman–Crippen LogP) is 1.77. The first-order valence-corrected chi connectivity index (χ1v) is 7.30. The van der Waals surface area contributed by atoms with E-state index in [-0.39, 0.29) is 5.57 Å². The van der Waals surface area contributed by atoms with Crippen LogP contribution in [0.2, 0.25) is 0 Å². The van der Waals surface area contributed by atoms with Crippen molar-refractivity contribution in [3.05, 3.63) is 23.3 Å². The van der Waals surface area contributed by atoms with Crippen LogP contribution in [0.4, 0.5) is 0 Å². The number of hydrogen-bond acceptors (Lipinski definition) is 6. The van der Waals surface area contributed by atoms with Crippen LogP contribution in [0.15, 0.2) is 17.7 Å². The molecule has 1 N–H and O–H groups in total. The Labute approximate surface area is 141 Å². The smallest absolute Gasteiger partial charge is 0.261 e. The van der Waals surface area contributed by atoms with Crippen molar-refractivity contribution in [1.82, 2.24) is 5.32 Å². The number of ether oxygens (including phenoxy) is 4. The van der Waals surface area contributed by atoms with Gasteiger partial charge in [0.05, 0.1) is 26.9 Å². The minimum Gasteiger partial charge on any atom is -0.496 e. The zero-order valence-corrected chi connectivity index (χ0v) is 14.3. The van der Waals surface area contributed by atoms with Gasteiger partial charge in [-0.25, -0.2) is 0 Å². The topological polar surface area (TPSA) is 89.8 Å². The summed E-state index contributed by atoms with van der Waals surface area (Å²) in [5, 5.41) is 11.9. The number of carbonyl (C=O) groups excluding carboxylic acids is 1. The van der Waals surface area contributed by atoms with Crippen molar-refractivity contribution in [3.63, 3.8) is 0 Å². The van der Waals surface area contributed by atoms with Crippen molar-refractivity contribution in [1.29, 1.82) is 5.26 Å². The Morgan fingerprint density at radius 2 is 1.79 bits per heavy atom. The molecule has 1 aromatic carbocycles. The van der Waals surface area contributed by atoms with Crippen molar-refractivity contribution < 1.29 is 23.7 Å². The maximum atomic E-state index is 12.1. The number of nitrogens with one attached hydrogen (secondary N) is 1. The Hall–Kier alpha value is -2.72. The maximum Gasteiger partial charge on any atom is 0.261 e. The van der Waals surface area contributed by atoms with E-state index in [4.69, 9.17) is 18.9 Å². The summed E-state index contributed by atoms with van der Waals surface area (Å²) < 4.78 is 20.7. The fourth-order valence-electron chi connectivity index (χ4n) is 1.98. The largest absolute Gasteiger partial charge is 0.496 e. The molecular formula is C17H22N2O5. The molecule has 0 saturated heterocycles. The monoisotopic (exact) mass is 334 g/mol. The minimum absolute atomic E-state index is 0.0471. The lowest BCUT2D eigenvalue weighted by Crippen LogP contribution is -2.26. The second-order valence-electron chi connectivity index (χ2n) is 4.72. The van der Waals surface area contributed by atoms with E-state index in [9.17, 15) is 10.1 Å². The molecule has 0 spiro atoms. The van der Waals surface area contributed by atoms with E-state index in [0.29, 0.717) is 42.4 Å². The van der Waals surface area contributed by atoms with Crippen molar-refractivity contribution in [2.45, 2.75) is 6.42 Å². The molecule has 0 saturated carbocycles. The summed E-state index contributed by atoms with van der Waals surface area (Å²) >= 11 is 0. The molecular weight excluding hydrogens is 312 g/mol. The van der Waals surface area contributed by atoms with E-state index in [1.165, 1.54) is 27.4 Å². The van der Waals surface area contributed by atoms with Gasteiger partial charge in [0.1, 0.15) is 28.9 Å². The zero-order chi connectivity index (χ0) is 17.9. The first-order valence-electron chi connectivity index (χ1n) is 7.30. The van der Waals surface area contributed by atoms with Gasteiger partial charge in [-0.3, -0.25) is 4.79 Å². The number of amides is 1. The third-order valence-electron chi connectivity index (χ3n) is 3.22. The highest BCUT2D eigenvalue weighted by Gasteiger charge is 2.15. The summed E-state index contributed by atoms with van der Waals surface area (Å²) in [6, 6.07) is 5.20. The Kier molecular flexibility index (Phi) is 8.16. The van der Waals surface area contributed by atoms with Gasteiger partial charge in [0.15, 0.2) is 0 Å². The second-order valence-corrected chi connectivity index (χ2v) is 4.72. The van der Waals surface area contributed by atoms with Crippen LogP contribution in [0.1, 0.15) is 12.0 Å². The van der Waals surface area contributed by atoms with E-state index in [1.54, 1.807) is 19.2 Å². The van der Waals surface area contributed by atoms with Crippen LogP contribution in [0.25, 0.3) is 6.08 Å². The number of hydrogen-bond donors (Lipinski definition) is 1. The Balaban J connectivity index is 3.11. The van der Waals surface area contributed by atoms with E-state index < -0.39 is 5.91 Å². The van der Waals surface area contributed by atoms with Crippen LogP contribution in [-0.4, -0.2) is 47.5 Å². The van der Waals surface area contributed by atoms with Crippen LogP contribution in [-0.2, 0) is 9.53 Å². The van der Waals surface area contributed by atoms with Crippen LogP contribution < -0.4 is 19.5 Å². The minimum atomic E-state index is -0.464. The molecule has 1 rings (SSSR count). The second kappa shape index (κ2) is 10.1. The lowest BCUT2D eigenvalue weighted by molar-refractivity contribution is -0.117. The van der Waals surface area contributed by atoms with Crippen LogP contribution in [0.5, 0.6) is 17.2 Å². The molecule has 0 aromatic heterocycles. The van der Waals surface area contributed by atoms with Crippen molar-refractivity contribution in [3.8, 4) is 23.3 Å². The summed E-state index contributed by atoms with van der Waals surface area (Å²) in [7, 11) is 6.09. The number of benzene rings is 1. The van der Waals surface area contributed by atoms with E-state index in [2.05, 4.69) is 5.32 Å². The molecule has 0 atom stereocenters. The van der Waals surface area contributed by atoms with Gasteiger partial charge < -0.3 is 24.3 Å². The molecule has 0 unspecified atom stereocenters. The van der Waals surface area contributed by atoms with Crippen molar-refractivity contribution in [2.24, 2.45) is 0 Å². The van der Waals surface area contributed by atoms with Gasteiger partial charge in [0, 0.05) is 32.4 Å². The summed E-state index contributed by atoms with van der Waals surface area (Å²) in [5.41, 5.74) is 0.443. The van der Waals surface area contributed by atoms with E-state index in [1.807, 2.05) is 6.07 Å². The molecule has 24 heavy (non-hydrogen) atoms. The molecule has 0 radical (unpaired) electrons. The Morgan fingerprint density at radius 1 is 1.17 bits per heavy atom. The predicted molar refractivity (Wildman–Crippen MR) is 89.2 cm³/mol. The maximum absolute atomic E-state index is 12.1. The van der Waals surface area contributed by atoms with Gasteiger partial charge in [-0.15, -0.1) is 0 Å². The molecule has 0 aliphatic rings. The third kappa shape index (κ3) is 5.18. The molecule has 0 aliphatic heterocycles. The number of methoxy groups -OCH3 is 4. The van der Waals surface area contributed by atoms with Crippen LogP contribution in [0.3, 0.4) is 0 Å². The summed E-state index contributed by atoms with van der Waals surface area (Å²) in [5.74, 6) is 0.953. The number of carbonyl (C=O) groups is 1. The highest BCUT2D eigenvalue weighted by Crippen LogP contribution is 2.35. The van der Waals surface area contributed by atoms with Crippen LogP contribution in [0, 0.1) is 11.3 Å². The average Bonchev–Trinajstić information content (AvgIpc) is 2.62. The van der Waals surface area contributed by atoms with Gasteiger partial charge in [-0.1, -0.05) is 0 Å². The molecule has 0 bridgehead atoms. The zero-order valence-electron chi connectivity index (χ0n) is 14.3. The molecule has 1 amide bonds. The Morgan fingerprint density at radius 3 is 2.25 bits per heavy atom. The molecule has 0 fully saturated rings. The van der Waals surface area contributed by atoms with Crippen molar-refractivity contribution >= 4 is 12.0 Å². The van der Waals surface area contributed by atoms with Gasteiger partial charge in [-0.2, -0.15) is 5.26 Å². The Bertz CT molecular complexity index is 609.